The van der Waals surface area contributed by atoms with Gasteiger partial charge in [-0.2, -0.15) is 0 Å². The van der Waals surface area contributed by atoms with Gasteiger partial charge in [-0.3, -0.25) is 9.59 Å². The summed E-state index contributed by atoms with van der Waals surface area (Å²) >= 11 is 0. The van der Waals surface area contributed by atoms with Crippen molar-refractivity contribution in [1.29, 1.82) is 0 Å². The topological polar surface area (TPSA) is 97.8 Å². The fraction of sp³-hybridized carbons (Fsp3) is 0.176. The molecule has 5 aromatic rings. The van der Waals surface area contributed by atoms with E-state index in [2.05, 4.69) is 5.32 Å². The van der Waals surface area contributed by atoms with Crippen LogP contribution in [0.2, 0.25) is 0 Å². The highest BCUT2D eigenvalue weighted by Gasteiger charge is 2.34. The molecule has 2 amide bonds. The smallest absolute Gasteiger partial charge is 0.258 e. The van der Waals surface area contributed by atoms with Crippen LogP contribution in [-0.2, 0) is 0 Å². The molecule has 1 saturated carbocycles. The van der Waals surface area contributed by atoms with Crippen LogP contribution in [0.5, 0.6) is 5.75 Å². The van der Waals surface area contributed by atoms with E-state index in [0.29, 0.717) is 57.9 Å². The number of nitrogens with two attached hydrogens (primary N) is 1. The second-order valence-corrected chi connectivity index (χ2v) is 10.2. The Bertz CT molecular complexity index is 1760. The number of carbonyl (C=O) groups is 2. The van der Waals surface area contributed by atoms with Gasteiger partial charge in [0.1, 0.15) is 29.5 Å². The first-order chi connectivity index (χ1) is 20.5. The van der Waals surface area contributed by atoms with Crippen LogP contribution in [0, 0.1) is 5.82 Å². The van der Waals surface area contributed by atoms with Crippen molar-refractivity contribution in [2.75, 3.05) is 25.1 Å². The number of nitrogens with zero attached hydrogens (tertiary/aromatic N) is 1. The van der Waals surface area contributed by atoms with Crippen molar-refractivity contribution in [2.24, 2.45) is 5.73 Å². The number of benzene rings is 4. The number of amides is 2. The molecule has 1 aliphatic rings. The lowest BCUT2D eigenvalue weighted by Gasteiger charge is -2.23. The summed E-state index contributed by atoms with van der Waals surface area (Å²) in [5.41, 5.74) is 9.94. The van der Waals surface area contributed by atoms with Gasteiger partial charge in [0, 0.05) is 47.4 Å². The predicted molar refractivity (Wildman–Crippen MR) is 161 cm³/mol. The van der Waals surface area contributed by atoms with Gasteiger partial charge in [0.25, 0.3) is 11.8 Å². The van der Waals surface area contributed by atoms with Gasteiger partial charge in [-0.05, 0) is 85.1 Å². The second-order valence-electron chi connectivity index (χ2n) is 10.2. The molecule has 0 aliphatic heterocycles. The first-order valence-electron chi connectivity index (χ1n) is 13.9. The standard InChI is InChI=1S/C34H30FN3O4/c1-37-33(39)31-28-19-22(9-16-30(28)42-32(31)21-7-11-24(35)12-8-21)27-20-23(10-15-29(27)41-18-17-36)34(40)38(26-13-14-26)25-5-3-2-4-6-25/h2-12,15-16,19-20,26H,13-14,17-18,36H2,1H3,(H,37,39). The second kappa shape index (κ2) is 11.5. The van der Waals surface area contributed by atoms with Crippen molar-refractivity contribution in [1.82, 2.24) is 5.32 Å². The molecule has 1 aliphatic carbocycles. The van der Waals surface area contributed by atoms with Crippen molar-refractivity contribution in [3.05, 3.63) is 108 Å². The zero-order valence-electron chi connectivity index (χ0n) is 23.1. The van der Waals surface area contributed by atoms with Crippen LogP contribution in [0.15, 0.2) is 95.4 Å². The zero-order chi connectivity index (χ0) is 29.2. The van der Waals surface area contributed by atoms with E-state index in [4.69, 9.17) is 14.9 Å². The number of rotatable bonds is 9. The Hall–Kier alpha value is -4.95. The Morgan fingerprint density at radius 2 is 1.71 bits per heavy atom. The average molecular weight is 564 g/mol. The van der Waals surface area contributed by atoms with E-state index in [-0.39, 0.29) is 23.7 Å². The summed E-state index contributed by atoms with van der Waals surface area (Å²) in [5, 5.41) is 3.27. The van der Waals surface area contributed by atoms with Crippen molar-refractivity contribution in [3.63, 3.8) is 0 Å². The van der Waals surface area contributed by atoms with Crippen LogP contribution >= 0.6 is 0 Å². The highest BCUT2D eigenvalue weighted by molar-refractivity contribution is 6.12. The van der Waals surface area contributed by atoms with Gasteiger partial charge >= 0.3 is 0 Å². The molecule has 0 unspecified atom stereocenters. The molecule has 3 N–H and O–H groups in total. The SMILES string of the molecule is CNC(=O)c1c(-c2ccc(F)cc2)oc2ccc(-c3cc(C(=O)N(c4ccccc4)C4CC4)ccc3OCCN)cc12. The summed E-state index contributed by atoms with van der Waals surface area (Å²) in [5.74, 6) is 0.0948. The molecular weight excluding hydrogens is 533 g/mol. The van der Waals surface area contributed by atoms with Crippen molar-refractivity contribution in [3.8, 4) is 28.2 Å². The molecule has 0 spiro atoms. The van der Waals surface area contributed by atoms with Gasteiger partial charge in [0.05, 0.1) is 5.56 Å². The van der Waals surface area contributed by atoms with Gasteiger partial charge < -0.3 is 25.1 Å². The molecule has 1 aromatic heterocycles. The van der Waals surface area contributed by atoms with Crippen LogP contribution in [0.25, 0.3) is 33.4 Å². The Morgan fingerprint density at radius 3 is 2.40 bits per heavy atom. The quantitative estimate of drug-likeness (QED) is 0.216. The van der Waals surface area contributed by atoms with Gasteiger partial charge in [0.2, 0.25) is 0 Å². The minimum absolute atomic E-state index is 0.0932. The van der Waals surface area contributed by atoms with Crippen molar-refractivity contribution in [2.45, 2.75) is 18.9 Å². The lowest BCUT2D eigenvalue weighted by molar-refractivity contribution is 0.0962. The highest BCUT2D eigenvalue weighted by Crippen LogP contribution is 2.39. The van der Waals surface area contributed by atoms with Crippen LogP contribution in [0.3, 0.4) is 0 Å². The maximum atomic E-state index is 13.9. The molecule has 8 heteroatoms. The maximum absolute atomic E-state index is 13.9. The number of furan rings is 1. The monoisotopic (exact) mass is 563 g/mol. The molecule has 7 nitrogen and oxygen atoms in total. The lowest BCUT2D eigenvalue weighted by Crippen LogP contribution is -2.33. The average Bonchev–Trinajstić information content (AvgIpc) is 3.79. The van der Waals surface area contributed by atoms with E-state index < -0.39 is 0 Å². The van der Waals surface area contributed by atoms with Crippen LogP contribution in [0.1, 0.15) is 33.6 Å². The molecule has 0 atom stereocenters. The van der Waals surface area contributed by atoms with E-state index in [1.54, 1.807) is 37.4 Å². The van der Waals surface area contributed by atoms with Crippen LogP contribution in [-0.4, -0.2) is 38.1 Å². The third-order valence-electron chi connectivity index (χ3n) is 7.33. The van der Waals surface area contributed by atoms with Crippen LogP contribution < -0.4 is 20.7 Å². The largest absolute Gasteiger partial charge is 0.492 e. The summed E-state index contributed by atoms with van der Waals surface area (Å²) in [6, 6.07) is 26.5. The highest BCUT2D eigenvalue weighted by atomic mass is 19.1. The number of hydrogen-bond acceptors (Lipinski definition) is 5. The molecule has 1 heterocycles. The fourth-order valence-electron chi connectivity index (χ4n) is 5.16. The predicted octanol–water partition coefficient (Wildman–Crippen LogP) is 6.41. The van der Waals surface area contributed by atoms with Crippen molar-refractivity contribution >= 4 is 28.5 Å². The van der Waals surface area contributed by atoms with Crippen molar-refractivity contribution < 1.29 is 23.1 Å². The number of carbonyl (C=O) groups excluding carboxylic acids is 2. The summed E-state index contributed by atoms with van der Waals surface area (Å²) < 4.78 is 25.7. The zero-order valence-corrected chi connectivity index (χ0v) is 23.1. The molecular formula is C34H30FN3O4. The van der Waals surface area contributed by atoms with Crippen LogP contribution in [0.4, 0.5) is 10.1 Å². The number of hydrogen-bond donors (Lipinski definition) is 2. The Balaban J connectivity index is 1.47. The van der Waals surface area contributed by atoms with Gasteiger partial charge in [-0.1, -0.05) is 24.3 Å². The Labute approximate surface area is 242 Å². The van der Waals surface area contributed by atoms with E-state index >= 15 is 0 Å². The third-order valence-corrected chi connectivity index (χ3v) is 7.33. The molecule has 0 saturated heterocycles. The molecule has 0 radical (unpaired) electrons. The molecule has 4 aromatic carbocycles. The van der Waals surface area contributed by atoms with Gasteiger partial charge in [0.15, 0.2) is 0 Å². The number of anilines is 1. The number of nitrogens with one attached hydrogen (secondary N) is 1. The minimum Gasteiger partial charge on any atom is -0.492 e. The van der Waals surface area contributed by atoms with E-state index in [1.807, 2.05) is 53.4 Å². The number of para-hydroxylation sites is 1. The molecule has 212 valence electrons. The Morgan fingerprint density at radius 1 is 0.976 bits per heavy atom. The van der Waals surface area contributed by atoms with E-state index in [9.17, 15) is 14.0 Å². The summed E-state index contributed by atoms with van der Waals surface area (Å²) in [7, 11) is 1.55. The van der Waals surface area contributed by atoms with Gasteiger partial charge in [-0.25, -0.2) is 4.39 Å². The molecule has 1 fully saturated rings. The summed E-state index contributed by atoms with van der Waals surface area (Å²) in [6.45, 7) is 0.622. The number of fused-ring (bicyclic) bond motifs is 1. The maximum Gasteiger partial charge on any atom is 0.258 e. The first-order valence-corrected chi connectivity index (χ1v) is 13.9. The summed E-state index contributed by atoms with van der Waals surface area (Å²) in [4.78, 5) is 28.8. The van der Waals surface area contributed by atoms with Gasteiger partial charge in [-0.15, -0.1) is 0 Å². The van der Waals surface area contributed by atoms with E-state index in [1.165, 1.54) is 12.1 Å². The Kier molecular flexibility index (Phi) is 7.46. The number of halogens is 1. The summed E-state index contributed by atoms with van der Waals surface area (Å²) in [6.07, 6.45) is 1.92. The molecule has 42 heavy (non-hydrogen) atoms. The molecule has 0 bridgehead atoms. The number of ether oxygens (including phenoxy) is 1. The lowest BCUT2D eigenvalue weighted by atomic mass is 9.97. The fourth-order valence-corrected chi connectivity index (χ4v) is 5.16. The minimum atomic E-state index is -0.384. The normalized spacial score (nSPS) is 12.7. The molecule has 6 rings (SSSR count). The van der Waals surface area contributed by atoms with E-state index in [0.717, 1.165) is 24.1 Å². The first kappa shape index (κ1) is 27.2. The third kappa shape index (κ3) is 5.24.